The smallest absolute Gasteiger partial charge is 0.150 e. The van der Waals surface area contributed by atoms with Gasteiger partial charge >= 0.3 is 0 Å². The Labute approximate surface area is 103 Å². The molecule has 0 radical (unpaired) electrons. The fraction of sp³-hybridized carbons (Fsp3) is 0.538. The summed E-state index contributed by atoms with van der Waals surface area (Å²) in [6.07, 6.45) is 1.10. The molecule has 0 bridgehead atoms. The molecule has 1 aromatic carbocycles. The minimum atomic E-state index is -2.92. The van der Waals surface area contributed by atoms with Crippen LogP contribution in [0, 0.1) is 0 Å². The molecule has 1 N–H and O–H groups in total. The molecular formula is C13H20O3S. The summed E-state index contributed by atoms with van der Waals surface area (Å²) in [5.41, 5.74) is 0.848. The number of aliphatic hydroxyl groups excluding tert-OH is 1. The van der Waals surface area contributed by atoms with E-state index in [1.807, 2.05) is 37.3 Å². The molecule has 0 amide bonds. The molecule has 0 aliphatic carbocycles. The molecule has 1 aromatic rings. The van der Waals surface area contributed by atoms with E-state index in [9.17, 15) is 13.5 Å². The van der Waals surface area contributed by atoms with Gasteiger partial charge in [0, 0.05) is 5.75 Å². The van der Waals surface area contributed by atoms with Gasteiger partial charge in [-0.3, -0.25) is 0 Å². The predicted octanol–water partition coefficient (Wildman–Crippen LogP) is 2.33. The Bertz CT molecular complexity index is 412. The molecule has 0 aliphatic rings. The first-order valence-electron chi connectivity index (χ1n) is 5.98. The van der Waals surface area contributed by atoms with E-state index in [1.54, 1.807) is 0 Å². The molecule has 0 saturated heterocycles. The van der Waals surface area contributed by atoms with E-state index >= 15 is 0 Å². The molecule has 0 aromatic heterocycles. The molecule has 0 fully saturated rings. The van der Waals surface area contributed by atoms with Crippen LogP contribution < -0.4 is 0 Å². The number of benzene rings is 1. The lowest BCUT2D eigenvalue weighted by Gasteiger charge is -2.10. The van der Waals surface area contributed by atoms with Crippen molar-refractivity contribution in [1.29, 1.82) is 0 Å². The number of hydrogen-bond donors (Lipinski definition) is 1. The van der Waals surface area contributed by atoms with Crippen LogP contribution in [0.15, 0.2) is 30.3 Å². The van der Waals surface area contributed by atoms with Crippen LogP contribution >= 0.6 is 0 Å². The summed E-state index contributed by atoms with van der Waals surface area (Å²) >= 11 is 0. The molecule has 1 rings (SSSR count). The SMILES string of the molecule is CCCS(=O)(=O)CCCC(O)c1ccccc1. The fourth-order valence-electron chi connectivity index (χ4n) is 1.75. The van der Waals surface area contributed by atoms with Crippen molar-refractivity contribution in [2.75, 3.05) is 11.5 Å². The van der Waals surface area contributed by atoms with E-state index in [0.29, 0.717) is 19.3 Å². The van der Waals surface area contributed by atoms with Crippen molar-refractivity contribution in [2.24, 2.45) is 0 Å². The molecule has 4 heteroatoms. The first-order chi connectivity index (χ1) is 8.05. The molecular weight excluding hydrogens is 236 g/mol. The summed E-state index contributed by atoms with van der Waals surface area (Å²) in [6.45, 7) is 1.86. The topological polar surface area (TPSA) is 54.4 Å². The quantitative estimate of drug-likeness (QED) is 0.814. The molecule has 17 heavy (non-hydrogen) atoms. The summed E-state index contributed by atoms with van der Waals surface area (Å²) in [6, 6.07) is 9.33. The largest absolute Gasteiger partial charge is 0.388 e. The molecule has 0 saturated carbocycles. The molecule has 1 unspecified atom stereocenters. The van der Waals surface area contributed by atoms with Gasteiger partial charge in [0.1, 0.15) is 9.84 Å². The fourth-order valence-corrected chi connectivity index (χ4v) is 3.18. The Hall–Kier alpha value is -0.870. The lowest BCUT2D eigenvalue weighted by Crippen LogP contribution is -2.11. The van der Waals surface area contributed by atoms with Gasteiger partial charge < -0.3 is 5.11 Å². The number of sulfone groups is 1. The average molecular weight is 256 g/mol. The van der Waals surface area contributed by atoms with Crippen molar-refractivity contribution in [3.63, 3.8) is 0 Å². The normalized spacial score (nSPS) is 13.5. The van der Waals surface area contributed by atoms with E-state index in [4.69, 9.17) is 0 Å². The third-order valence-electron chi connectivity index (χ3n) is 2.63. The Morgan fingerprint density at radius 1 is 1.18 bits per heavy atom. The number of hydrogen-bond acceptors (Lipinski definition) is 3. The monoisotopic (exact) mass is 256 g/mol. The van der Waals surface area contributed by atoms with Crippen LogP contribution in [0.1, 0.15) is 37.9 Å². The average Bonchev–Trinajstić information content (AvgIpc) is 2.29. The molecule has 1 atom stereocenters. The van der Waals surface area contributed by atoms with E-state index in [-0.39, 0.29) is 11.5 Å². The number of rotatable bonds is 7. The highest BCUT2D eigenvalue weighted by molar-refractivity contribution is 7.91. The van der Waals surface area contributed by atoms with Crippen molar-refractivity contribution >= 4 is 9.84 Å². The van der Waals surface area contributed by atoms with Crippen LogP contribution in [-0.2, 0) is 9.84 Å². The van der Waals surface area contributed by atoms with Gasteiger partial charge in [-0.05, 0) is 24.8 Å². The van der Waals surface area contributed by atoms with E-state index in [0.717, 1.165) is 5.56 Å². The maximum atomic E-state index is 11.5. The second kappa shape index (κ2) is 6.77. The summed E-state index contributed by atoms with van der Waals surface area (Å²) < 4.78 is 22.9. The minimum absolute atomic E-state index is 0.171. The molecule has 96 valence electrons. The van der Waals surface area contributed by atoms with Crippen molar-refractivity contribution in [1.82, 2.24) is 0 Å². The van der Waals surface area contributed by atoms with E-state index < -0.39 is 15.9 Å². The van der Waals surface area contributed by atoms with Crippen LogP contribution in [0.4, 0.5) is 0 Å². The summed E-state index contributed by atoms with van der Waals surface area (Å²) in [5, 5.41) is 9.85. The molecule has 0 heterocycles. The molecule has 0 spiro atoms. The Morgan fingerprint density at radius 3 is 2.41 bits per heavy atom. The lowest BCUT2D eigenvalue weighted by molar-refractivity contribution is 0.166. The van der Waals surface area contributed by atoms with Crippen LogP contribution in [0.25, 0.3) is 0 Å². The van der Waals surface area contributed by atoms with Gasteiger partial charge in [0.05, 0.1) is 11.9 Å². The van der Waals surface area contributed by atoms with Crippen molar-refractivity contribution in [2.45, 2.75) is 32.3 Å². The minimum Gasteiger partial charge on any atom is -0.388 e. The van der Waals surface area contributed by atoms with Crippen molar-refractivity contribution < 1.29 is 13.5 Å². The van der Waals surface area contributed by atoms with Gasteiger partial charge in [-0.1, -0.05) is 37.3 Å². The van der Waals surface area contributed by atoms with E-state index in [1.165, 1.54) is 0 Å². The first kappa shape index (κ1) is 14.2. The van der Waals surface area contributed by atoms with Crippen molar-refractivity contribution in [3.05, 3.63) is 35.9 Å². The van der Waals surface area contributed by atoms with Crippen LogP contribution in [0.5, 0.6) is 0 Å². The maximum Gasteiger partial charge on any atom is 0.150 e. The molecule has 3 nitrogen and oxygen atoms in total. The van der Waals surface area contributed by atoms with Crippen LogP contribution in [-0.4, -0.2) is 25.0 Å². The second-order valence-corrected chi connectivity index (χ2v) is 6.52. The first-order valence-corrected chi connectivity index (χ1v) is 7.80. The Morgan fingerprint density at radius 2 is 1.82 bits per heavy atom. The van der Waals surface area contributed by atoms with Gasteiger partial charge in [0.25, 0.3) is 0 Å². The van der Waals surface area contributed by atoms with Gasteiger partial charge in [-0.25, -0.2) is 8.42 Å². The Balaban J connectivity index is 2.37. The van der Waals surface area contributed by atoms with Crippen molar-refractivity contribution in [3.8, 4) is 0 Å². The summed E-state index contributed by atoms with van der Waals surface area (Å²) in [4.78, 5) is 0. The highest BCUT2D eigenvalue weighted by Crippen LogP contribution is 2.18. The summed E-state index contributed by atoms with van der Waals surface area (Å²) in [5.74, 6) is 0.416. The third-order valence-corrected chi connectivity index (χ3v) is 4.57. The van der Waals surface area contributed by atoms with E-state index in [2.05, 4.69) is 0 Å². The zero-order valence-electron chi connectivity index (χ0n) is 10.2. The van der Waals surface area contributed by atoms with Gasteiger partial charge in [0.15, 0.2) is 0 Å². The van der Waals surface area contributed by atoms with Gasteiger partial charge in [0.2, 0.25) is 0 Å². The Kier molecular flexibility index (Phi) is 5.65. The predicted molar refractivity (Wildman–Crippen MR) is 69.6 cm³/mol. The van der Waals surface area contributed by atoms with Crippen LogP contribution in [0.2, 0.25) is 0 Å². The maximum absolute atomic E-state index is 11.5. The zero-order chi connectivity index (χ0) is 12.7. The van der Waals surface area contributed by atoms with Gasteiger partial charge in [-0.2, -0.15) is 0 Å². The summed E-state index contributed by atoms with van der Waals surface area (Å²) in [7, 11) is -2.92. The lowest BCUT2D eigenvalue weighted by atomic mass is 10.1. The van der Waals surface area contributed by atoms with Gasteiger partial charge in [-0.15, -0.1) is 0 Å². The highest BCUT2D eigenvalue weighted by Gasteiger charge is 2.12. The third kappa shape index (κ3) is 5.33. The van der Waals surface area contributed by atoms with Crippen LogP contribution in [0.3, 0.4) is 0 Å². The number of aliphatic hydroxyl groups is 1. The molecule has 0 aliphatic heterocycles. The standard InChI is InChI=1S/C13H20O3S/c1-2-10-17(15,16)11-6-9-13(14)12-7-4-3-5-8-12/h3-5,7-8,13-14H,2,6,9-11H2,1H3. The highest BCUT2D eigenvalue weighted by atomic mass is 32.2. The zero-order valence-corrected chi connectivity index (χ0v) is 11.0. The second-order valence-electron chi connectivity index (χ2n) is 4.22.